The maximum Gasteiger partial charge on any atom is 0.366 e. The molecule has 0 N–H and O–H groups in total. The zero-order valence-corrected chi connectivity index (χ0v) is 17.1. The number of fused-ring (bicyclic) bond motifs is 1. The number of hydrogen-bond acceptors (Lipinski definition) is 5. The van der Waals surface area contributed by atoms with E-state index in [1.165, 1.54) is 49.9 Å². The summed E-state index contributed by atoms with van der Waals surface area (Å²) in [5, 5.41) is 15.8. The highest BCUT2D eigenvalue weighted by Gasteiger charge is 2.26. The molecule has 0 spiro atoms. The molecule has 2 fully saturated rings. The van der Waals surface area contributed by atoms with Crippen LogP contribution in [0.1, 0.15) is 42.5 Å². The number of para-hydroxylation sites is 2. The summed E-state index contributed by atoms with van der Waals surface area (Å²) in [4.78, 5) is 18.5. The number of hydrogen-bond donors (Lipinski definition) is 0. The van der Waals surface area contributed by atoms with E-state index >= 15 is 0 Å². The summed E-state index contributed by atoms with van der Waals surface area (Å²) in [5.41, 5.74) is 2.57. The third kappa shape index (κ3) is 3.54. The Hall–Kier alpha value is -2.93. The van der Waals surface area contributed by atoms with Crippen LogP contribution in [-0.2, 0) is 0 Å². The van der Waals surface area contributed by atoms with Gasteiger partial charge in [-0.15, -0.1) is 4.85 Å². The molecule has 30 heavy (non-hydrogen) atoms. The Morgan fingerprint density at radius 2 is 1.63 bits per heavy atom. The third-order valence-electron chi connectivity index (χ3n) is 6.53. The van der Waals surface area contributed by atoms with Gasteiger partial charge in [-0.3, -0.25) is 0 Å². The number of likely N-dealkylation sites (tertiary alicyclic amines) is 1. The maximum atomic E-state index is 12.9. The van der Waals surface area contributed by atoms with Gasteiger partial charge in [0.1, 0.15) is 5.21 Å². The van der Waals surface area contributed by atoms with Gasteiger partial charge >= 0.3 is 5.91 Å². The summed E-state index contributed by atoms with van der Waals surface area (Å²) >= 11 is 0. The van der Waals surface area contributed by atoms with E-state index in [2.05, 4.69) is 15.0 Å². The molecule has 5 rings (SSSR count). The predicted molar refractivity (Wildman–Crippen MR) is 116 cm³/mol. The molecule has 2 aliphatic heterocycles. The molecule has 2 aromatic carbocycles. The number of nitrogens with zero attached hydrogens (tertiary/aromatic N) is 5. The Kier molecular flexibility index (Phi) is 5.12. The summed E-state index contributed by atoms with van der Waals surface area (Å²) in [7, 11) is 0. The molecule has 3 heterocycles. The Morgan fingerprint density at radius 1 is 0.933 bits per heavy atom. The van der Waals surface area contributed by atoms with Crippen LogP contribution in [-0.4, -0.2) is 52.9 Å². The van der Waals surface area contributed by atoms with Crippen LogP contribution in [0.4, 0.5) is 5.69 Å². The van der Waals surface area contributed by atoms with Gasteiger partial charge < -0.3 is 15.0 Å². The minimum absolute atomic E-state index is 0.295. The van der Waals surface area contributed by atoms with E-state index in [1.807, 2.05) is 24.3 Å². The van der Waals surface area contributed by atoms with Crippen LogP contribution >= 0.6 is 0 Å². The fourth-order valence-corrected chi connectivity index (χ4v) is 4.84. The SMILES string of the molecule is O=C(c1ccc(N2CCC(N3CCCCC3)CC2)cc1)n1n[n+]([O-])c2ccccc21. The standard InChI is InChI=1S/C23H27N5O2/c29-23(27-21-6-2-3-7-22(21)28(30)24-27)18-8-10-19(11-9-18)26-16-12-20(13-17-26)25-14-4-1-5-15-25/h2-3,6-11,20H,1,4-5,12-17H2. The number of carbonyl (C=O) groups excluding carboxylic acids is 1. The van der Waals surface area contributed by atoms with Crippen molar-refractivity contribution in [3.63, 3.8) is 0 Å². The van der Waals surface area contributed by atoms with Crippen LogP contribution in [0, 0.1) is 5.21 Å². The van der Waals surface area contributed by atoms with Gasteiger partial charge in [-0.1, -0.05) is 23.2 Å². The topological polar surface area (TPSA) is 68.3 Å². The molecule has 156 valence electrons. The first-order valence-electron chi connectivity index (χ1n) is 10.9. The van der Waals surface area contributed by atoms with E-state index in [0.717, 1.165) is 18.8 Å². The summed E-state index contributed by atoms with van der Waals surface area (Å²) < 4.78 is 1.18. The third-order valence-corrected chi connectivity index (χ3v) is 6.53. The van der Waals surface area contributed by atoms with Crippen molar-refractivity contribution in [2.45, 2.75) is 38.1 Å². The second-order valence-electron chi connectivity index (χ2n) is 8.33. The quantitative estimate of drug-likeness (QED) is 0.495. The van der Waals surface area contributed by atoms with Crippen LogP contribution in [0.2, 0.25) is 0 Å². The molecule has 7 nitrogen and oxygen atoms in total. The number of aromatic nitrogens is 3. The lowest BCUT2D eigenvalue weighted by Gasteiger charge is -2.41. The zero-order valence-electron chi connectivity index (χ0n) is 17.1. The molecule has 0 bridgehead atoms. The Labute approximate surface area is 176 Å². The molecule has 1 aromatic heterocycles. The normalized spacial score (nSPS) is 18.7. The van der Waals surface area contributed by atoms with Crippen molar-refractivity contribution < 1.29 is 9.64 Å². The van der Waals surface area contributed by atoms with Gasteiger partial charge in [-0.2, -0.15) is 0 Å². The van der Waals surface area contributed by atoms with E-state index in [4.69, 9.17) is 0 Å². The van der Waals surface area contributed by atoms with Gasteiger partial charge in [0, 0.05) is 24.8 Å². The summed E-state index contributed by atoms with van der Waals surface area (Å²) in [6.07, 6.45) is 6.46. The largest absolute Gasteiger partial charge is 0.691 e. The average molecular weight is 406 g/mol. The minimum atomic E-state index is -0.295. The van der Waals surface area contributed by atoms with Gasteiger partial charge in [0.2, 0.25) is 11.0 Å². The van der Waals surface area contributed by atoms with Crippen LogP contribution in [0.5, 0.6) is 0 Å². The first-order chi connectivity index (χ1) is 14.7. The second kappa shape index (κ2) is 8.07. The van der Waals surface area contributed by atoms with E-state index in [0.29, 0.717) is 27.5 Å². The molecule has 0 amide bonds. The molecule has 3 aromatic rings. The molecule has 0 aliphatic carbocycles. The van der Waals surface area contributed by atoms with Gasteiger partial charge in [0.05, 0.1) is 5.56 Å². The second-order valence-corrected chi connectivity index (χ2v) is 8.33. The number of carbonyl (C=O) groups is 1. The fourth-order valence-electron chi connectivity index (χ4n) is 4.84. The highest BCUT2D eigenvalue weighted by atomic mass is 16.5. The van der Waals surface area contributed by atoms with Gasteiger partial charge in [-0.25, -0.2) is 4.79 Å². The molecular formula is C23H27N5O2. The zero-order chi connectivity index (χ0) is 20.5. The first kappa shape index (κ1) is 19.1. The molecule has 0 atom stereocenters. The minimum Gasteiger partial charge on any atom is -0.691 e. The smallest absolute Gasteiger partial charge is 0.366 e. The highest BCUT2D eigenvalue weighted by Crippen LogP contribution is 2.25. The summed E-state index contributed by atoms with van der Waals surface area (Å²) in [6.45, 7) is 4.61. The van der Waals surface area contributed by atoms with Gasteiger partial charge in [0.15, 0.2) is 0 Å². The molecule has 0 radical (unpaired) electrons. The number of rotatable bonds is 3. The fraction of sp³-hybridized carbons (Fsp3) is 0.435. The van der Waals surface area contributed by atoms with Crippen molar-refractivity contribution in [1.82, 2.24) is 14.8 Å². The van der Waals surface area contributed by atoms with E-state index in [9.17, 15) is 10.0 Å². The number of anilines is 1. The van der Waals surface area contributed by atoms with Crippen molar-refractivity contribution in [2.75, 3.05) is 31.1 Å². The number of benzene rings is 2. The average Bonchev–Trinajstić information content (AvgIpc) is 3.16. The molecule has 0 saturated carbocycles. The number of piperidine rings is 2. The predicted octanol–water partition coefficient (Wildman–Crippen LogP) is 2.81. The van der Waals surface area contributed by atoms with E-state index in [-0.39, 0.29) is 5.91 Å². The monoisotopic (exact) mass is 405 g/mol. The molecular weight excluding hydrogens is 378 g/mol. The van der Waals surface area contributed by atoms with Crippen molar-refractivity contribution in [3.8, 4) is 0 Å². The van der Waals surface area contributed by atoms with Crippen molar-refractivity contribution in [2.24, 2.45) is 0 Å². The Balaban J connectivity index is 1.27. The first-order valence-corrected chi connectivity index (χ1v) is 10.9. The van der Waals surface area contributed by atoms with Crippen LogP contribution in [0.25, 0.3) is 11.0 Å². The van der Waals surface area contributed by atoms with Crippen LogP contribution in [0.3, 0.4) is 0 Å². The van der Waals surface area contributed by atoms with Crippen molar-refractivity contribution in [3.05, 3.63) is 59.3 Å². The summed E-state index contributed by atoms with van der Waals surface area (Å²) in [5.74, 6) is -0.295. The van der Waals surface area contributed by atoms with E-state index < -0.39 is 0 Å². The maximum absolute atomic E-state index is 12.9. The molecule has 2 saturated heterocycles. The van der Waals surface area contributed by atoms with E-state index in [1.54, 1.807) is 24.3 Å². The molecule has 2 aliphatic rings. The lowest BCUT2D eigenvalue weighted by Crippen LogP contribution is -2.46. The van der Waals surface area contributed by atoms with Crippen LogP contribution < -0.4 is 9.75 Å². The lowest BCUT2D eigenvalue weighted by molar-refractivity contribution is -0.645. The van der Waals surface area contributed by atoms with Gasteiger partial charge in [-0.05, 0) is 75.2 Å². The molecule has 0 unspecified atom stereocenters. The van der Waals surface area contributed by atoms with Crippen LogP contribution in [0.15, 0.2) is 48.5 Å². The van der Waals surface area contributed by atoms with Crippen molar-refractivity contribution >= 4 is 22.6 Å². The lowest BCUT2D eigenvalue weighted by atomic mass is 9.99. The Bertz CT molecular complexity index is 1030. The Morgan fingerprint density at radius 3 is 2.37 bits per heavy atom. The molecule has 7 heteroatoms. The van der Waals surface area contributed by atoms with Crippen molar-refractivity contribution in [1.29, 1.82) is 0 Å². The summed E-state index contributed by atoms with van der Waals surface area (Å²) in [6, 6.07) is 15.3. The van der Waals surface area contributed by atoms with Gasteiger partial charge in [0.25, 0.3) is 0 Å². The highest BCUT2D eigenvalue weighted by molar-refractivity contribution is 5.99.